The van der Waals surface area contributed by atoms with Crippen LogP contribution in [0.2, 0.25) is 0 Å². The van der Waals surface area contributed by atoms with Gasteiger partial charge in [-0.05, 0) is 12.5 Å². The van der Waals surface area contributed by atoms with Gasteiger partial charge in [0.2, 0.25) is 0 Å². The number of nitrogens with one attached hydrogen (secondary N) is 1. The summed E-state index contributed by atoms with van der Waals surface area (Å²) in [5, 5.41) is 3.56. The van der Waals surface area contributed by atoms with Gasteiger partial charge >= 0.3 is 0 Å². The number of rotatable bonds is 6. The van der Waals surface area contributed by atoms with Crippen LogP contribution in [0.1, 0.15) is 46.5 Å². The van der Waals surface area contributed by atoms with Crippen molar-refractivity contribution in [2.45, 2.75) is 58.5 Å². The molecule has 1 atom stereocenters. The summed E-state index contributed by atoms with van der Waals surface area (Å²) in [6.45, 7) is 7.48. The number of ether oxygens (including phenoxy) is 1. The largest absolute Gasteiger partial charge is 0.496 e. The Hall–Kier alpha value is -0.500. The van der Waals surface area contributed by atoms with Gasteiger partial charge in [-0.15, -0.1) is 0 Å². The lowest BCUT2D eigenvalue weighted by atomic mass is 10.1. The van der Waals surface area contributed by atoms with Gasteiger partial charge < -0.3 is 10.1 Å². The molecule has 0 amide bonds. The zero-order chi connectivity index (χ0) is 10.4. The lowest BCUT2D eigenvalue weighted by Gasteiger charge is -2.22. The van der Waals surface area contributed by atoms with E-state index in [9.17, 15) is 0 Å². The van der Waals surface area contributed by atoms with Gasteiger partial charge in [-0.1, -0.05) is 33.6 Å². The molecule has 0 saturated heterocycles. The van der Waals surface area contributed by atoms with Gasteiger partial charge in [-0.25, -0.2) is 0 Å². The van der Waals surface area contributed by atoms with E-state index in [-0.39, 0.29) is 0 Å². The van der Waals surface area contributed by atoms with Crippen LogP contribution in [0.15, 0.2) is 11.8 Å². The average molecular weight is 197 g/mol. The maximum atomic E-state index is 5.61. The Morgan fingerprint density at radius 3 is 2.79 bits per heavy atom. The molecular formula is C12H23NO. The standard InChI is InChI=1S/C12H23NO/c1-4-5-7-11(13-10(2)3)12-8-6-9-14-12/h8,10-11,13H,4-7,9H2,1-3H3. The highest BCUT2D eigenvalue weighted by Gasteiger charge is 2.18. The van der Waals surface area contributed by atoms with Crippen molar-refractivity contribution < 1.29 is 4.74 Å². The minimum Gasteiger partial charge on any atom is -0.496 e. The van der Waals surface area contributed by atoms with Gasteiger partial charge in [-0.2, -0.15) is 0 Å². The van der Waals surface area contributed by atoms with Crippen LogP contribution in [0, 0.1) is 0 Å². The topological polar surface area (TPSA) is 21.3 Å². The minimum atomic E-state index is 0.442. The van der Waals surface area contributed by atoms with Gasteiger partial charge in [0.1, 0.15) is 5.76 Å². The molecule has 2 nitrogen and oxygen atoms in total. The molecule has 1 heterocycles. The maximum Gasteiger partial charge on any atom is 0.109 e. The lowest BCUT2D eigenvalue weighted by Crippen LogP contribution is -2.36. The summed E-state index contributed by atoms with van der Waals surface area (Å²) in [5.41, 5.74) is 0. The molecule has 0 spiro atoms. The summed E-state index contributed by atoms with van der Waals surface area (Å²) < 4.78 is 5.61. The van der Waals surface area contributed by atoms with Crippen molar-refractivity contribution in [3.8, 4) is 0 Å². The van der Waals surface area contributed by atoms with Crippen molar-refractivity contribution in [2.24, 2.45) is 0 Å². The van der Waals surface area contributed by atoms with E-state index in [1.807, 2.05) is 0 Å². The Labute approximate surface area is 87.7 Å². The van der Waals surface area contributed by atoms with Crippen molar-refractivity contribution in [2.75, 3.05) is 6.61 Å². The van der Waals surface area contributed by atoms with Crippen molar-refractivity contribution in [3.05, 3.63) is 11.8 Å². The fourth-order valence-corrected chi connectivity index (χ4v) is 1.80. The first-order valence-electron chi connectivity index (χ1n) is 5.83. The highest BCUT2D eigenvalue weighted by molar-refractivity contribution is 5.07. The Morgan fingerprint density at radius 2 is 2.29 bits per heavy atom. The van der Waals surface area contributed by atoms with Crippen LogP contribution < -0.4 is 5.32 Å². The molecule has 1 aliphatic heterocycles. The first-order chi connectivity index (χ1) is 6.74. The molecule has 1 unspecified atom stereocenters. The minimum absolute atomic E-state index is 0.442. The van der Waals surface area contributed by atoms with Crippen molar-refractivity contribution in [1.29, 1.82) is 0 Å². The van der Waals surface area contributed by atoms with Crippen molar-refractivity contribution >= 4 is 0 Å². The molecule has 82 valence electrons. The monoisotopic (exact) mass is 197 g/mol. The van der Waals surface area contributed by atoms with E-state index in [0.29, 0.717) is 12.1 Å². The van der Waals surface area contributed by atoms with Crippen LogP contribution in [-0.4, -0.2) is 18.7 Å². The van der Waals surface area contributed by atoms with Gasteiger partial charge in [0.25, 0.3) is 0 Å². The third-order valence-electron chi connectivity index (χ3n) is 2.46. The van der Waals surface area contributed by atoms with Crippen LogP contribution in [0.4, 0.5) is 0 Å². The van der Waals surface area contributed by atoms with Gasteiger partial charge in [0, 0.05) is 12.5 Å². The first-order valence-corrected chi connectivity index (χ1v) is 5.83. The van der Waals surface area contributed by atoms with Crippen molar-refractivity contribution in [3.63, 3.8) is 0 Å². The Balaban J connectivity index is 2.42. The highest BCUT2D eigenvalue weighted by Crippen LogP contribution is 2.18. The van der Waals surface area contributed by atoms with Gasteiger partial charge in [0.15, 0.2) is 0 Å². The zero-order valence-electron chi connectivity index (χ0n) is 9.68. The van der Waals surface area contributed by atoms with E-state index in [1.165, 1.54) is 25.0 Å². The summed E-state index contributed by atoms with van der Waals surface area (Å²) in [7, 11) is 0. The molecule has 0 radical (unpaired) electrons. The third kappa shape index (κ3) is 3.70. The molecule has 1 aliphatic rings. The molecule has 0 aliphatic carbocycles. The Morgan fingerprint density at radius 1 is 1.50 bits per heavy atom. The predicted octanol–water partition coefficient (Wildman–Crippen LogP) is 2.85. The first kappa shape index (κ1) is 11.6. The second kappa shape index (κ2) is 6.07. The summed E-state index contributed by atoms with van der Waals surface area (Å²) in [4.78, 5) is 0. The lowest BCUT2D eigenvalue weighted by molar-refractivity contribution is 0.207. The van der Waals surface area contributed by atoms with E-state index in [4.69, 9.17) is 4.74 Å². The molecule has 0 fully saturated rings. The molecule has 0 aromatic heterocycles. The van der Waals surface area contributed by atoms with E-state index in [2.05, 4.69) is 32.2 Å². The predicted molar refractivity (Wildman–Crippen MR) is 60.2 cm³/mol. The van der Waals surface area contributed by atoms with Crippen LogP contribution in [0.25, 0.3) is 0 Å². The molecule has 0 aromatic carbocycles. The molecule has 0 aromatic rings. The van der Waals surface area contributed by atoms with Crippen LogP contribution in [-0.2, 0) is 4.74 Å². The van der Waals surface area contributed by atoms with Gasteiger partial charge in [0.05, 0.1) is 12.6 Å². The van der Waals surface area contributed by atoms with Crippen LogP contribution in [0.3, 0.4) is 0 Å². The van der Waals surface area contributed by atoms with Crippen LogP contribution in [0.5, 0.6) is 0 Å². The number of unbranched alkanes of at least 4 members (excludes halogenated alkanes) is 1. The summed E-state index contributed by atoms with van der Waals surface area (Å²) in [5.74, 6) is 1.17. The van der Waals surface area contributed by atoms with E-state index in [0.717, 1.165) is 13.0 Å². The number of hydrogen-bond donors (Lipinski definition) is 1. The summed E-state index contributed by atoms with van der Waals surface area (Å²) in [6, 6.07) is 0.972. The maximum absolute atomic E-state index is 5.61. The number of hydrogen-bond acceptors (Lipinski definition) is 2. The fraction of sp³-hybridized carbons (Fsp3) is 0.833. The molecule has 1 rings (SSSR count). The van der Waals surface area contributed by atoms with Gasteiger partial charge in [-0.3, -0.25) is 0 Å². The smallest absolute Gasteiger partial charge is 0.109 e. The van der Waals surface area contributed by atoms with E-state index < -0.39 is 0 Å². The SMILES string of the molecule is CCCCC(NC(C)C)C1=CCCO1. The summed E-state index contributed by atoms with van der Waals surface area (Å²) in [6.07, 6.45) is 7.03. The van der Waals surface area contributed by atoms with E-state index >= 15 is 0 Å². The van der Waals surface area contributed by atoms with E-state index in [1.54, 1.807) is 0 Å². The fourth-order valence-electron chi connectivity index (χ4n) is 1.80. The quantitative estimate of drug-likeness (QED) is 0.707. The third-order valence-corrected chi connectivity index (χ3v) is 2.46. The summed E-state index contributed by atoms with van der Waals surface area (Å²) >= 11 is 0. The molecule has 2 heteroatoms. The normalized spacial score (nSPS) is 18.1. The molecular weight excluding hydrogens is 174 g/mol. The average Bonchev–Trinajstić information content (AvgIpc) is 2.64. The molecule has 0 saturated carbocycles. The molecule has 1 N–H and O–H groups in total. The van der Waals surface area contributed by atoms with Crippen LogP contribution >= 0.6 is 0 Å². The molecule has 0 bridgehead atoms. The zero-order valence-corrected chi connectivity index (χ0v) is 9.68. The second-order valence-corrected chi connectivity index (χ2v) is 4.26. The Bertz CT molecular complexity index is 187. The second-order valence-electron chi connectivity index (χ2n) is 4.26. The van der Waals surface area contributed by atoms with Crippen molar-refractivity contribution in [1.82, 2.24) is 5.32 Å². The Kier molecular flexibility index (Phi) is 5.02. The highest BCUT2D eigenvalue weighted by atomic mass is 16.5. The molecule has 14 heavy (non-hydrogen) atoms.